The lowest BCUT2D eigenvalue weighted by Crippen LogP contribution is -2.29. The molecule has 0 saturated carbocycles. The van der Waals surface area contributed by atoms with E-state index in [1.54, 1.807) is 17.7 Å². The number of carbonyl (C=O) groups is 2. The Hall–Kier alpha value is -2.17. The Kier molecular flexibility index (Phi) is 4.57. The van der Waals surface area contributed by atoms with E-state index in [2.05, 4.69) is 4.98 Å². The fourth-order valence-corrected chi connectivity index (χ4v) is 2.29. The summed E-state index contributed by atoms with van der Waals surface area (Å²) in [6.07, 6.45) is 0. The highest BCUT2D eigenvalue weighted by atomic mass is 16.5. The van der Waals surface area contributed by atoms with Gasteiger partial charge < -0.3 is 9.30 Å². The Labute approximate surface area is 143 Å². The Balaban J connectivity index is 2.64. The number of aromatic nitrogens is 2. The molecule has 5 heteroatoms. The van der Waals surface area contributed by atoms with Gasteiger partial charge in [-0.1, -0.05) is 41.5 Å². The zero-order valence-corrected chi connectivity index (χ0v) is 15.6. The van der Waals surface area contributed by atoms with Crippen LogP contribution >= 0.6 is 0 Å². The highest BCUT2D eigenvalue weighted by molar-refractivity contribution is 6.00. The first-order chi connectivity index (χ1) is 10.9. The number of fused-ring (bicyclic) bond motifs is 1. The molecule has 0 N–H and O–H groups in total. The minimum absolute atomic E-state index is 0.0561. The SMILES string of the molecule is COc1ccc2c(c1)nc(C(=O)C(C)(C)C)n2CC(=O)C(C)(C)C. The van der Waals surface area contributed by atoms with Crippen LogP contribution in [-0.2, 0) is 11.3 Å². The summed E-state index contributed by atoms with van der Waals surface area (Å²) in [7, 11) is 1.59. The summed E-state index contributed by atoms with van der Waals surface area (Å²) in [4.78, 5) is 29.9. The zero-order valence-electron chi connectivity index (χ0n) is 15.6. The maximum atomic E-state index is 12.8. The molecule has 0 saturated heterocycles. The minimum atomic E-state index is -0.575. The van der Waals surface area contributed by atoms with Crippen LogP contribution in [0.2, 0.25) is 0 Å². The largest absolute Gasteiger partial charge is 0.497 e. The number of Topliss-reactive ketones (excluding diaryl/α,β-unsaturated/α-hetero) is 2. The highest BCUT2D eigenvalue weighted by Gasteiger charge is 2.30. The van der Waals surface area contributed by atoms with Gasteiger partial charge in [-0.25, -0.2) is 4.98 Å². The molecule has 0 bridgehead atoms. The van der Waals surface area contributed by atoms with Crippen LogP contribution in [0.15, 0.2) is 18.2 Å². The van der Waals surface area contributed by atoms with Gasteiger partial charge in [-0.15, -0.1) is 0 Å². The normalized spacial score (nSPS) is 12.5. The fourth-order valence-electron chi connectivity index (χ4n) is 2.29. The molecule has 130 valence electrons. The number of imidazole rings is 1. The molecule has 1 aromatic carbocycles. The van der Waals surface area contributed by atoms with Gasteiger partial charge in [0.25, 0.3) is 0 Å². The monoisotopic (exact) mass is 330 g/mol. The van der Waals surface area contributed by atoms with Gasteiger partial charge in [-0.3, -0.25) is 9.59 Å². The third-order valence-electron chi connectivity index (χ3n) is 3.98. The fraction of sp³-hybridized carbons (Fsp3) is 0.526. The van der Waals surface area contributed by atoms with Gasteiger partial charge >= 0.3 is 0 Å². The summed E-state index contributed by atoms with van der Waals surface area (Å²) >= 11 is 0. The van der Waals surface area contributed by atoms with Crippen molar-refractivity contribution in [3.05, 3.63) is 24.0 Å². The second-order valence-electron chi connectivity index (χ2n) is 8.13. The van der Waals surface area contributed by atoms with Crippen LogP contribution in [-0.4, -0.2) is 28.2 Å². The van der Waals surface area contributed by atoms with E-state index in [1.807, 2.05) is 53.7 Å². The van der Waals surface area contributed by atoms with Gasteiger partial charge in [0, 0.05) is 16.9 Å². The number of rotatable bonds is 4. The van der Waals surface area contributed by atoms with Gasteiger partial charge in [0.05, 0.1) is 24.7 Å². The molecule has 0 unspecified atom stereocenters. The predicted molar refractivity (Wildman–Crippen MR) is 94.5 cm³/mol. The summed E-state index contributed by atoms with van der Waals surface area (Å²) in [6.45, 7) is 11.3. The summed E-state index contributed by atoms with van der Waals surface area (Å²) in [5.41, 5.74) is 0.365. The van der Waals surface area contributed by atoms with Crippen molar-refractivity contribution in [3.63, 3.8) is 0 Å². The lowest BCUT2D eigenvalue weighted by atomic mass is 9.89. The van der Waals surface area contributed by atoms with Crippen molar-refractivity contribution in [2.24, 2.45) is 10.8 Å². The lowest BCUT2D eigenvalue weighted by molar-refractivity contribution is -0.126. The number of carbonyl (C=O) groups excluding carboxylic acids is 2. The number of benzene rings is 1. The third kappa shape index (κ3) is 3.50. The lowest BCUT2D eigenvalue weighted by Gasteiger charge is -2.20. The van der Waals surface area contributed by atoms with Crippen molar-refractivity contribution < 1.29 is 14.3 Å². The summed E-state index contributed by atoms with van der Waals surface area (Å²) < 4.78 is 6.97. The molecule has 0 spiro atoms. The molecule has 1 heterocycles. The molecule has 24 heavy (non-hydrogen) atoms. The third-order valence-corrected chi connectivity index (χ3v) is 3.98. The van der Waals surface area contributed by atoms with Crippen molar-refractivity contribution in [3.8, 4) is 5.75 Å². The van der Waals surface area contributed by atoms with E-state index in [9.17, 15) is 9.59 Å². The molecule has 0 aliphatic carbocycles. The summed E-state index contributed by atoms with van der Waals surface area (Å²) in [5.74, 6) is 0.965. The second kappa shape index (κ2) is 6.04. The molecule has 1 aromatic heterocycles. The maximum Gasteiger partial charge on any atom is 0.203 e. The smallest absolute Gasteiger partial charge is 0.203 e. The van der Waals surface area contributed by atoms with E-state index in [0.29, 0.717) is 17.1 Å². The number of hydrogen-bond donors (Lipinski definition) is 0. The van der Waals surface area contributed by atoms with E-state index in [-0.39, 0.29) is 18.1 Å². The van der Waals surface area contributed by atoms with Gasteiger partial charge in [0.1, 0.15) is 5.75 Å². The molecule has 5 nitrogen and oxygen atoms in total. The van der Waals surface area contributed by atoms with Crippen LogP contribution in [0.3, 0.4) is 0 Å². The average molecular weight is 330 g/mol. The summed E-state index contributed by atoms with van der Waals surface area (Å²) in [5, 5.41) is 0. The topological polar surface area (TPSA) is 61.2 Å². The average Bonchev–Trinajstić information content (AvgIpc) is 2.82. The predicted octanol–water partition coefficient (Wildman–Crippen LogP) is 3.89. The highest BCUT2D eigenvalue weighted by Crippen LogP contribution is 2.27. The Morgan fingerprint density at radius 1 is 1.08 bits per heavy atom. The first-order valence-corrected chi connectivity index (χ1v) is 8.07. The standard InChI is InChI=1S/C19H26N2O3/c1-18(2,3)15(22)11-21-14-9-8-12(24-7)10-13(14)20-17(21)16(23)19(4,5)6/h8-10H,11H2,1-7H3. The van der Waals surface area contributed by atoms with Crippen LogP contribution in [0.25, 0.3) is 11.0 Å². The molecule has 0 fully saturated rings. The molecule has 0 atom stereocenters. The van der Waals surface area contributed by atoms with E-state index in [4.69, 9.17) is 4.74 Å². The molecule has 0 aliphatic heterocycles. The number of nitrogens with zero attached hydrogens (tertiary/aromatic N) is 2. The molecule has 0 radical (unpaired) electrons. The van der Waals surface area contributed by atoms with E-state index >= 15 is 0 Å². The maximum absolute atomic E-state index is 12.8. The molecule has 2 rings (SSSR count). The quantitative estimate of drug-likeness (QED) is 0.798. The molecule has 0 aliphatic rings. The second-order valence-corrected chi connectivity index (χ2v) is 8.13. The van der Waals surface area contributed by atoms with E-state index < -0.39 is 10.8 Å². The van der Waals surface area contributed by atoms with Crippen LogP contribution in [0.1, 0.15) is 52.2 Å². The van der Waals surface area contributed by atoms with Crippen LogP contribution in [0, 0.1) is 10.8 Å². The van der Waals surface area contributed by atoms with Gasteiger partial charge in [-0.2, -0.15) is 0 Å². The van der Waals surface area contributed by atoms with Crippen LogP contribution < -0.4 is 4.74 Å². The van der Waals surface area contributed by atoms with Crippen molar-refractivity contribution in [1.82, 2.24) is 9.55 Å². The van der Waals surface area contributed by atoms with Crippen molar-refractivity contribution in [2.75, 3.05) is 7.11 Å². The molecule has 0 amide bonds. The number of ketones is 2. The van der Waals surface area contributed by atoms with E-state index in [0.717, 1.165) is 5.52 Å². The number of methoxy groups -OCH3 is 1. The van der Waals surface area contributed by atoms with Crippen molar-refractivity contribution >= 4 is 22.6 Å². The van der Waals surface area contributed by atoms with Gasteiger partial charge in [-0.05, 0) is 12.1 Å². The van der Waals surface area contributed by atoms with Crippen molar-refractivity contribution in [1.29, 1.82) is 0 Å². The molecular formula is C19H26N2O3. The van der Waals surface area contributed by atoms with Gasteiger partial charge in [0.2, 0.25) is 5.78 Å². The minimum Gasteiger partial charge on any atom is -0.497 e. The Bertz CT molecular complexity index is 789. The first kappa shape index (κ1) is 18.2. The van der Waals surface area contributed by atoms with E-state index in [1.165, 1.54) is 0 Å². The summed E-state index contributed by atoms with van der Waals surface area (Å²) in [6, 6.07) is 5.44. The number of hydrogen-bond acceptors (Lipinski definition) is 4. The number of ether oxygens (including phenoxy) is 1. The first-order valence-electron chi connectivity index (χ1n) is 8.07. The molecule has 2 aromatic rings. The van der Waals surface area contributed by atoms with Crippen LogP contribution in [0.5, 0.6) is 5.75 Å². The van der Waals surface area contributed by atoms with Gasteiger partial charge in [0.15, 0.2) is 11.6 Å². The zero-order chi connectivity index (χ0) is 18.3. The Morgan fingerprint density at radius 2 is 1.71 bits per heavy atom. The van der Waals surface area contributed by atoms with Crippen LogP contribution in [0.4, 0.5) is 0 Å². The van der Waals surface area contributed by atoms with Crippen molar-refractivity contribution in [2.45, 2.75) is 48.1 Å². The molecular weight excluding hydrogens is 304 g/mol. The Morgan fingerprint density at radius 3 is 2.21 bits per heavy atom.